The maximum Gasteiger partial charge on any atom is 0.246 e. The molecule has 6 nitrogen and oxygen atoms in total. The fraction of sp³-hybridized carbons (Fsp3) is 0.348. The molecule has 0 bridgehead atoms. The number of amides is 1. The third kappa shape index (κ3) is 4.91. The van der Waals surface area contributed by atoms with E-state index in [0.29, 0.717) is 5.56 Å². The van der Waals surface area contributed by atoms with Crippen molar-refractivity contribution in [2.24, 2.45) is 0 Å². The minimum atomic E-state index is -3.66. The van der Waals surface area contributed by atoms with Crippen LogP contribution in [-0.2, 0) is 21.2 Å². The van der Waals surface area contributed by atoms with Gasteiger partial charge in [-0.3, -0.25) is 4.79 Å². The predicted molar refractivity (Wildman–Crippen MR) is 118 cm³/mol. The molecule has 1 atom stereocenters. The van der Waals surface area contributed by atoms with Crippen molar-refractivity contribution in [1.82, 2.24) is 9.21 Å². The monoisotopic (exact) mass is 428 g/mol. The summed E-state index contributed by atoms with van der Waals surface area (Å²) in [4.78, 5) is 14.8. The third-order valence-electron chi connectivity index (χ3n) is 5.34. The van der Waals surface area contributed by atoms with Gasteiger partial charge in [0.1, 0.15) is 10.6 Å². The van der Waals surface area contributed by atoms with E-state index in [4.69, 9.17) is 4.74 Å². The standard InChI is InChI=1S/C23H28N2O4S/c1-24(2)30(27,28)22-17-19(11-13-21(22)29-3)12-14-23(26)25-15-7-10-20(25)16-18-8-5-4-6-9-18/h4-6,8-9,11-14,17,20H,7,10,15-16H2,1-3H3/b14-12+. The molecule has 1 unspecified atom stereocenters. The van der Waals surface area contributed by atoms with Crippen LogP contribution < -0.4 is 4.74 Å². The van der Waals surface area contributed by atoms with Crippen molar-refractivity contribution < 1.29 is 17.9 Å². The molecule has 1 amide bonds. The molecule has 1 aliphatic heterocycles. The molecule has 160 valence electrons. The van der Waals surface area contributed by atoms with Crippen LogP contribution in [0.3, 0.4) is 0 Å². The van der Waals surface area contributed by atoms with Crippen molar-refractivity contribution in [1.29, 1.82) is 0 Å². The Balaban J connectivity index is 1.77. The fourth-order valence-corrected chi connectivity index (χ4v) is 4.77. The van der Waals surface area contributed by atoms with Crippen molar-refractivity contribution in [3.63, 3.8) is 0 Å². The van der Waals surface area contributed by atoms with Gasteiger partial charge in [-0.05, 0) is 48.6 Å². The molecule has 7 heteroatoms. The van der Waals surface area contributed by atoms with E-state index in [1.54, 1.807) is 18.2 Å². The SMILES string of the molecule is COc1ccc(/C=C/C(=O)N2CCCC2Cc2ccccc2)cc1S(=O)(=O)N(C)C. The number of carbonyl (C=O) groups is 1. The molecular weight excluding hydrogens is 400 g/mol. The largest absolute Gasteiger partial charge is 0.495 e. The van der Waals surface area contributed by atoms with E-state index in [0.717, 1.165) is 30.1 Å². The number of methoxy groups -OCH3 is 1. The van der Waals surface area contributed by atoms with Gasteiger partial charge < -0.3 is 9.64 Å². The average Bonchev–Trinajstić information content (AvgIpc) is 3.20. The highest BCUT2D eigenvalue weighted by atomic mass is 32.2. The van der Waals surface area contributed by atoms with Crippen molar-refractivity contribution in [3.05, 3.63) is 65.7 Å². The molecule has 2 aromatic carbocycles. The zero-order chi connectivity index (χ0) is 21.7. The molecule has 1 aliphatic rings. The molecular formula is C23H28N2O4S. The van der Waals surface area contributed by atoms with Crippen LogP contribution in [0.4, 0.5) is 0 Å². The molecule has 1 fully saturated rings. The Kier molecular flexibility index (Phi) is 6.95. The first-order valence-electron chi connectivity index (χ1n) is 9.96. The topological polar surface area (TPSA) is 66.9 Å². The predicted octanol–water partition coefficient (Wildman–Crippen LogP) is 3.19. The maximum absolute atomic E-state index is 12.8. The lowest BCUT2D eigenvalue weighted by molar-refractivity contribution is -0.126. The van der Waals surface area contributed by atoms with Gasteiger partial charge in [-0.2, -0.15) is 0 Å². The number of nitrogens with zero attached hydrogens (tertiary/aromatic N) is 2. The molecule has 3 rings (SSSR count). The molecule has 1 saturated heterocycles. The van der Waals surface area contributed by atoms with E-state index in [2.05, 4.69) is 12.1 Å². The number of sulfonamides is 1. The molecule has 30 heavy (non-hydrogen) atoms. The molecule has 0 N–H and O–H groups in total. The van der Waals surface area contributed by atoms with Crippen LogP contribution in [0.5, 0.6) is 5.75 Å². The molecule has 2 aromatic rings. The number of hydrogen-bond acceptors (Lipinski definition) is 4. The number of hydrogen-bond donors (Lipinski definition) is 0. The van der Waals surface area contributed by atoms with Crippen molar-refractivity contribution >= 4 is 22.0 Å². The van der Waals surface area contributed by atoms with Gasteiger partial charge in [0, 0.05) is 32.8 Å². The lowest BCUT2D eigenvalue weighted by atomic mass is 10.0. The summed E-state index contributed by atoms with van der Waals surface area (Å²) in [5, 5.41) is 0. The van der Waals surface area contributed by atoms with Crippen LogP contribution in [0, 0.1) is 0 Å². The van der Waals surface area contributed by atoms with Crippen LogP contribution in [-0.4, -0.2) is 57.3 Å². The van der Waals surface area contributed by atoms with E-state index in [-0.39, 0.29) is 22.6 Å². The van der Waals surface area contributed by atoms with E-state index < -0.39 is 10.0 Å². The quantitative estimate of drug-likeness (QED) is 0.635. The van der Waals surface area contributed by atoms with E-state index >= 15 is 0 Å². The number of ether oxygens (including phenoxy) is 1. The second kappa shape index (κ2) is 9.45. The minimum absolute atomic E-state index is 0.0544. The first kappa shape index (κ1) is 22.1. The highest BCUT2D eigenvalue weighted by Gasteiger charge is 2.27. The second-order valence-corrected chi connectivity index (χ2v) is 9.67. The van der Waals surface area contributed by atoms with E-state index in [9.17, 15) is 13.2 Å². The summed E-state index contributed by atoms with van der Waals surface area (Å²) in [6.07, 6.45) is 6.01. The van der Waals surface area contributed by atoms with Gasteiger partial charge in [-0.25, -0.2) is 12.7 Å². The summed E-state index contributed by atoms with van der Waals surface area (Å²) in [6, 6.07) is 15.2. The van der Waals surface area contributed by atoms with Gasteiger partial charge in [0.2, 0.25) is 15.9 Å². The summed E-state index contributed by atoms with van der Waals surface area (Å²) < 4.78 is 31.5. The summed E-state index contributed by atoms with van der Waals surface area (Å²) in [7, 11) is 0.720. The third-order valence-corrected chi connectivity index (χ3v) is 7.18. The van der Waals surface area contributed by atoms with E-state index in [1.165, 1.54) is 38.9 Å². The molecule has 0 spiro atoms. The van der Waals surface area contributed by atoms with E-state index in [1.807, 2.05) is 23.1 Å². The van der Waals surface area contributed by atoms with Gasteiger partial charge in [0.25, 0.3) is 0 Å². The lowest BCUT2D eigenvalue weighted by Gasteiger charge is -2.23. The Morgan fingerprint density at radius 3 is 2.60 bits per heavy atom. The molecule has 0 aromatic heterocycles. The second-order valence-electron chi connectivity index (χ2n) is 7.55. The maximum atomic E-state index is 12.8. The normalized spacial score (nSPS) is 17.1. The molecule has 1 heterocycles. The van der Waals surface area contributed by atoms with Crippen molar-refractivity contribution in [3.8, 4) is 5.75 Å². The Hall–Kier alpha value is -2.64. The smallest absolute Gasteiger partial charge is 0.246 e. The zero-order valence-electron chi connectivity index (χ0n) is 17.6. The Bertz CT molecular complexity index is 1020. The van der Waals surface area contributed by atoms with Gasteiger partial charge in [-0.15, -0.1) is 0 Å². The summed E-state index contributed by atoms with van der Waals surface area (Å²) in [5.74, 6) is 0.218. The summed E-state index contributed by atoms with van der Waals surface area (Å²) >= 11 is 0. The van der Waals surface area contributed by atoms with Gasteiger partial charge >= 0.3 is 0 Å². The Morgan fingerprint density at radius 2 is 1.93 bits per heavy atom. The number of rotatable bonds is 7. The van der Waals surface area contributed by atoms with Gasteiger partial charge in [0.15, 0.2) is 0 Å². The van der Waals surface area contributed by atoms with Crippen molar-refractivity contribution in [2.45, 2.75) is 30.2 Å². The Labute approximate surface area is 178 Å². The number of benzene rings is 2. The van der Waals surface area contributed by atoms with Crippen molar-refractivity contribution in [2.75, 3.05) is 27.7 Å². The zero-order valence-corrected chi connectivity index (χ0v) is 18.4. The number of carbonyl (C=O) groups excluding carboxylic acids is 1. The van der Waals surface area contributed by atoms with Gasteiger partial charge in [-0.1, -0.05) is 36.4 Å². The molecule has 0 saturated carbocycles. The highest BCUT2D eigenvalue weighted by molar-refractivity contribution is 7.89. The van der Waals surface area contributed by atoms with Crippen LogP contribution in [0.25, 0.3) is 6.08 Å². The number of likely N-dealkylation sites (tertiary alicyclic amines) is 1. The van der Waals surface area contributed by atoms with Crippen LogP contribution in [0.15, 0.2) is 59.5 Å². The Morgan fingerprint density at radius 1 is 1.20 bits per heavy atom. The van der Waals surface area contributed by atoms with Gasteiger partial charge in [0.05, 0.1) is 7.11 Å². The molecule has 0 aliphatic carbocycles. The average molecular weight is 429 g/mol. The summed E-state index contributed by atoms with van der Waals surface area (Å²) in [5.41, 5.74) is 1.85. The fourth-order valence-electron chi connectivity index (χ4n) is 3.68. The first-order chi connectivity index (χ1) is 14.3. The van der Waals surface area contributed by atoms with Crippen LogP contribution in [0.1, 0.15) is 24.0 Å². The summed E-state index contributed by atoms with van der Waals surface area (Å²) in [6.45, 7) is 0.740. The lowest BCUT2D eigenvalue weighted by Crippen LogP contribution is -2.35. The molecule has 0 radical (unpaired) electrons. The first-order valence-corrected chi connectivity index (χ1v) is 11.4. The van der Waals surface area contributed by atoms with Crippen LogP contribution >= 0.6 is 0 Å². The van der Waals surface area contributed by atoms with Crippen LogP contribution in [0.2, 0.25) is 0 Å². The minimum Gasteiger partial charge on any atom is -0.495 e. The highest BCUT2D eigenvalue weighted by Crippen LogP contribution is 2.27.